The van der Waals surface area contributed by atoms with Crippen LogP contribution < -0.4 is 4.74 Å². The van der Waals surface area contributed by atoms with Gasteiger partial charge in [0, 0.05) is 6.61 Å². The second kappa shape index (κ2) is 5.89. The van der Waals surface area contributed by atoms with Gasteiger partial charge in [0.25, 0.3) is 0 Å². The molecule has 2 aromatic rings. The molecular weight excluding hydrogens is 284 g/mol. The Hall–Kier alpha value is -1.26. The zero-order chi connectivity index (χ0) is 12.1. The molecule has 0 saturated carbocycles. The molecule has 0 aliphatic rings. The van der Waals surface area contributed by atoms with Crippen LogP contribution in [0, 0.1) is 0 Å². The number of furan rings is 1. The number of hydrogen-bond donors (Lipinski definition) is 1. The van der Waals surface area contributed by atoms with Gasteiger partial charge >= 0.3 is 0 Å². The fraction of sp³-hybridized carbons (Fsp3) is 0.231. The van der Waals surface area contributed by atoms with Gasteiger partial charge in [-0.05, 0) is 46.1 Å². The van der Waals surface area contributed by atoms with Gasteiger partial charge in [-0.15, -0.1) is 0 Å². The average molecular weight is 297 g/mol. The van der Waals surface area contributed by atoms with Crippen molar-refractivity contribution in [3.05, 3.63) is 52.4 Å². The van der Waals surface area contributed by atoms with E-state index in [4.69, 9.17) is 14.3 Å². The summed E-state index contributed by atoms with van der Waals surface area (Å²) in [6, 6.07) is 11.4. The molecule has 0 atom stereocenters. The van der Waals surface area contributed by atoms with Gasteiger partial charge in [-0.3, -0.25) is 0 Å². The molecule has 0 radical (unpaired) electrons. The van der Waals surface area contributed by atoms with Gasteiger partial charge in [0.15, 0.2) is 4.67 Å². The van der Waals surface area contributed by atoms with Crippen molar-refractivity contribution in [2.75, 3.05) is 6.61 Å². The van der Waals surface area contributed by atoms with Crippen molar-refractivity contribution < 1.29 is 14.3 Å². The van der Waals surface area contributed by atoms with Crippen LogP contribution in [0.4, 0.5) is 0 Å². The third-order valence-electron chi connectivity index (χ3n) is 2.35. The summed E-state index contributed by atoms with van der Waals surface area (Å²) in [5.41, 5.74) is 1.00. The quantitative estimate of drug-likeness (QED) is 0.922. The Morgan fingerprint density at radius 2 is 2.00 bits per heavy atom. The first-order valence-corrected chi connectivity index (χ1v) is 6.14. The van der Waals surface area contributed by atoms with Gasteiger partial charge in [0.2, 0.25) is 0 Å². The molecule has 0 aliphatic carbocycles. The maximum Gasteiger partial charge on any atom is 0.169 e. The van der Waals surface area contributed by atoms with Crippen LogP contribution in [0.25, 0.3) is 0 Å². The molecular formula is C13H13BrO3. The van der Waals surface area contributed by atoms with Gasteiger partial charge in [-0.2, -0.15) is 0 Å². The molecule has 0 spiro atoms. The lowest BCUT2D eigenvalue weighted by Gasteiger charge is -2.09. The van der Waals surface area contributed by atoms with Crippen LogP contribution in [-0.4, -0.2) is 11.7 Å². The van der Waals surface area contributed by atoms with Crippen LogP contribution in [0.2, 0.25) is 0 Å². The molecule has 17 heavy (non-hydrogen) atoms. The molecule has 4 heteroatoms. The van der Waals surface area contributed by atoms with Crippen molar-refractivity contribution in [2.45, 2.75) is 13.0 Å². The van der Waals surface area contributed by atoms with Crippen molar-refractivity contribution in [2.24, 2.45) is 0 Å². The second-order valence-electron chi connectivity index (χ2n) is 3.58. The minimum Gasteiger partial charge on any atom is -0.485 e. The fourth-order valence-corrected chi connectivity index (χ4v) is 1.89. The Morgan fingerprint density at radius 1 is 1.18 bits per heavy atom. The minimum absolute atomic E-state index is 0.118. The molecule has 0 aliphatic heterocycles. The summed E-state index contributed by atoms with van der Waals surface area (Å²) in [5, 5.41) is 8.95. The number of aliphatic hydroxyl groups is 1. The van der Waals surface area contributed by atoms with Crippen molar-refractivity contribution >= 4 is 15.9 Å². The second-order valence-corrected chi connectivity index (χ2v) is 4.36. The van der Waals surface area contributed by atoms with Gasteiger partial charge in [-0.25, -0.2) is 0 Å². The number of hydrogen-bond acceptors (Lipinski definition) is 3. The van der Waals surface area contributed by atoms with E-state index in [-0.39, 0.29) is 6.61 Å². The highest BCUT2D eigenvalue weighted by atomic mass is 79.9. The molecule has 0 fully saturated rings. The Labute approximate surface area is 108 Å². The van der Waals surface area contributed by atoms with Crippen molar-refractivity contribution in [3.8, 4) is 5.75 Å². The highest BCUT2D eigenvalue weighted by Gasteiger charge is 2.04. The fourth-order valence-electron chi connectivity index (χ4n) is 1.55. The predicted molar refractivity (Wildman–Crippen MR) is 68.0 cm³/mol. The molecule has 1 heterocycles. The first kappa shape index (κ1) is 12.2. The van der Waals surface area contributed by atoms with Crippen LogP contribution in [0.3, 0.4) is 0 Å². The Balaban J connectivity index is 2.03. The Bertz CT molecular complexity index is 479. The number of aliphatic hydroxyl groups excluding tert-OH is 1. The minimum atomic E-state index is 0.118. The summed E-state index contributed by atoms with van der Waals surface area (Å²) in [6.07, 6.45) is 0.595. The van der Waals surface area contributed by atoms with Gasteiger partial charge < -0.3 is 14.3 Å². The third-order valence-corrected chi connectivity index (χ3v) is 2.78. The summed E-state index contributed by atoms with van der Waals surface area (Å²) >= 11 is 3.24. The molecule has 1 aromatic carbocycles. The van der Waals surface area contributed by atoms with E-state index in [0.717, 1.165) is 17.1 Å². The van der Waals surface area contributed by atoms with E-state index in [0.29, 0.717) is 17.7 Å². The smallest absolute Gasteiger partial charge is 0.169 e. The molecule has 2 rings (SSSR count). The van der Waals surface area contributed by atoms with E-state index in [1.165, 1.54) is 0 Å². The molecule has 3 nitrogen and oxygen atoms in total. The number of para-hydroxylation sites is 1. The largest absolute Gasteiger partial charge is 0.485 e. The zero-order valence-corrected chi connectivity index (χ0v) is 10.8. The first-order valence-electron chi connectivity index (χ1n) is 5.35. The number of halogens is 1. The van der Waals surface area contributed by atoms with Crippen LogP contribution in [0.5, 0.6) is 5.75 Å². The lowest BCUT2D eigenvalue weighted by molar-refractivity contribution is 0.260. The number of benzene rings is 1. The van der Waals surface area contributed by atoms with E-state index in [1.54, 1.807) is 0 Å². The van der Waals surface area contributed by atoms with E-state index in [2.05, 4.69) is 15.9 Å². The maximum absolute atomic E-state index is 8.95. The van der Waals surface area contributed by atoms with E-state index in [1.807, 2.05) is 36.4 Å². The van der Waals surface area contributed by atoms with Gasteiger partial charge in [-0.1, -0.05) is 18.2 Å². The van der Waals surface area contributed by atoms with Crippen molar-refractivity contribution in [1.82, 2.24) is 0 Å². The molecule has 90 valence electrons. The topological polar surface area (TPSA) is 42.6 Å². The monoisotopic (exact) mass is 296 g/mol. The molecule has 1 aromatic heterocycles. The Morgan fingerprint density at radius 3 is 2.71 bits per heavy atom. The SMILES string of the molecule is OCCc1ccccc1OCc1ccc(Br)o1. The first-order chi connectivity index (χ1) is 8.29. The lowest BCUT2D eigenvalue weighted by atomic mass is 10.1. The van der Waals surface area contributed by atoms with Crippen LogP contribution in [0.1, 0.15) is 11.3 Å². The third kappa shape index (κ3) is 3.35. The predicted octanol–water partition coefficient (Wildman–Crippen LogP) is 3.16. The summed E-state index contributed by atoms with van der Waals surface area (Å²) in [5.74, 6) is 1.55. The summed E-state index contributed by atoms with van der Waals surface area (Å²) in [4.78, 5) is 0. The molecule has 0 unspecified atom stereocenters. The summed E-state index contributed by atoms with van der Waals surface area (Å²) < 4.78 is 11.7. The van der Waals surface area contributed by atoms with Crippen LogP contribution in [-0.2, 0) is 13.0 Å². The van der Waals surface area contributed by atoms with Gasteiger partial charge in [0.05, 0.1) is 0 Å². The average Bonchev–Trinajstić information content (AvgIpc) is 2.74. The molecule has 0 saturated heterocycles. The van der Waals surface area contributed by atoms with Crippen LogP contribution in [0.15, 0.2) is 45.5 Å². The Kier molecular flexibility index (Phi) is 4.23. The highest BCUT2D eigenvalue weighted by Crippen LogP contribution is 2.21. The molecule has 0 bridgehead atoms. The molecule has 0 amide bonds. The normalized spacial score (nSPS) is 10.5. The van der Waals surface area contributed by atoms with Crippen molar-refractivity contribution in [1.29, 1.82) is 0 Å². The number of rotatable bonds is 5. The van der Waals surface area contributed by atoms with Gasteiger partial charge in [0.1, 0.15) is 18.1 Å². The van der Waals surface area contributed by atoms with Crippen LogP contribution >= 0.6 is 15.9 Å². The standard InChI is InChI=1S/C13H13BrO3/c14-13-6-5-11(17-13)9-16-12-4-2-1-3-10(12)7-8-15/h1-6,15H,7-9H2. The van der Waals surface area contributed by atoms with Crippen molar-refractivity contribution in [3.63, 3.8) is 0 Å². The van der Waals surface area contributed by atoms with E-state index >= 15 is 0 Å². The molecule has 1 N–H and O–H groups in total. The summed E-state index contributed by atoms with van der Waals surface area (Å²) in [6.45, 7) is 0.501. The van der Waals surface area contributed by atoms with E-state index in [9.17, 15) is 0 Å². The zero-order valence-electron chi connectivity index (χ0n) is 9.23. The number of ether oxygens (including phenoxy) is 1. The highest BCUT2D eigenvalue weighted by molar-refractivity contribution is 9.10. The lowest BCUT2D eigenvalue weighted by Crippen LogP contribution is -1.99. The summed E-state index contributed by atoms with van der Waals surface area (Å²) in [7, 11) is 0. The maximum atomic E-state index is 8.95. The van der Waals surface area contributed by atoms with E-state index < -0.39 is 0 Å².